The summed E-state index contributed by atoms with van der Waals surface area (Å²) in [5.41, 5.74) is 0.408. The Kier molecular flexibility index (Phi) is 7.49. The van der Waals surface area contributed by atoms with Crippen LogP contribution in [0.5, 0.6) is 11.5 Å². The molecule has 2 aromatic carbocycles. The average Bonchev–Trinajstić information content (AvgIpc) is 3.30. The summed E-state index contributed by atoms with van der Waals surface area (Å²) in [5, 5.41) is 2.70. The summed E-state index contributed by atoms with van der Waals surface area (Å²) in [6, 6.07) is 11.8. The zero-order chi connectivity index (χ0) is 23.1. The minimum atomic E-state index is -4.08. The molecule has 0 aliphatic carbocycles. The Bertz CT molecular complexity index is 1150. The third kappa shape index (κ3) is 5.65. The molecule has 10 heteroatoms. The van der Waals surface area contributed by atoms with Crippen molar-refractivity contribution >= 4 is 15.9 Å². The molecule has 170 valence electrons. The van der Waals surface area contributed by atoms with Gasteiger partial charge in [0.05, 0.1) is 38.0 Å². The molecule has 1 heterocycles. The fourth-order valence-electron chi connectivity index (χ4n) is 3.13. The standard InChI is InChI=1S/C22H23FN2O6S/c1-29-20-7-3-6-18(22(20)30-2)19(13-21(26)24-14-16-5-4-12-31-16)25-32(27,28)17-10-8-15(23)9-11-17/h3-12,19,25H,13-14H2,1-2H3,(H,24,26). The number of ether oxygens (including phenoxy) is 2. The molecular formula is C22H23FN2O6S. The van der Waals surface area contributed by atoms with Crippen LogP contribution in [0.2, 0.25) is 0 Å². The van der Waals surface area contributed by atoms with Crippen LogP contribution in [0.1, 0.15) is 23.8 Å². The predicted molar refractivity (Wildman–Crippen MR) is 114 cm³/mol. The van der Waals surface area contributed by atoms with Crippen molar-refractivity contribution in [1.82, 2.24) is 10.0 Å². The Hall–Kier alpha value is -3.37. The number of sulfonamides is 1. The predicted octanol–water partition coefficient (Wildman–Crippen LogP) is 3.16. The maximum absolute atomic E-state index is 13.3. The van der Waals surface area contributed by atoms with Crippen molar-refractivity contribution in [2.45, 2.75) is 23.9 Å². The minimum Gasteiger partial charge on any atom is -0.493 e. The van der Waals surface area contributed by atoms with Crippen molar-refractivity contribution in [2.75, 3.05) is 14.2 Å². The summed E-state index contributed by atoms with van der Waals surface area (Å²) in [7, 11) is -1.21. The topological polar surface area (TPSA) is 107 Å². The molecular weight excluding hydrogens is 439 g/mol. The van der Waals surface area contributed by atoms with Gasteiger partial charge in [0.2, 0.25) is 15.9 Å². The van der Waals surface area contributed by atoms with Crippen LogP contribution in [0.25, 0.3) is 0 Å². The van der Waals surface area contributed by atoms with Crippen LogP contribution in [0.15, 0.2) is 70.2 Å². The van der Waals surface area contributed by atoms with Gasteiger partial charge in [0, 0.05) is 12.0 Å². The SMILES string of the molecule is COc1cccc(C(CC(=O)NCc2ccco2)NS(=O)(=O)c2ccc(F)cc2)c1OC. The summed E-state index contributed by atoms with van der Waals surface area (Å²) in [5.74, 6) is 0.249. The van der Waals surface area contributed by atoms with Gasteiger partial charge in [0.1, 0.15) is 11.6 Å². The van der Waals surface area contributed by atoms with Gasteiger partial charge in [0.15, 0.2) is 11.5 Å². The van der Waals surface area contributed by atoms with Gasteiger partial charge in [-0.05, 0) is 42.5 Å². The van der Waals surface area contributed by atoms with Crippen LogP contribution < -0.4 is 19.5 Å². The molecule has 32 heavy (non-hydrogen) atoms. The number of hydrogen-bond acceptors (Lipinski definition) is 6. The molecule has 1 atom stereocenters. The van der Waals surface area contributed by atoms with Gasteiger partial charge >= 0.3 is 0 Å². The molecule has 0 saturated carbocycles. The van der Waals surface area contributed by atoms with E-state index in [2.05, 4.69) is 10.0 Å². The molecule has 8 nitrogen and oxygen atoms in total. The van der Waals surface area contributed by atoms with E-state index in [9.17, 15) is 17.6 Å². The molecule has 0 aliphatic rings. The second-order valence-corrected chi connectivity index (χ2v) is 8.48. The van der Waals surface area contributed by atoms with Crippen LogP contribution in [-0.2, 0) is 21.4 Å². The lowest BCUT2D eigenvalue weighted by Gasteiger charge is -2.22. The van der Waals surface area contributed by atoms with Gasteiger partial charge in [0.25, 0.3) is 0 Å². The Morgan fingerprint density at radius 2 is 1.81 bits per heavy atom. The van der Waals surface area contributed by atoms with Gasteiger partial charge in [-0.25, -0.2) is 17.5 Å². The summed E-state index contributed by atoms with van der Waals surface area (Å²) in [6.07, 6.45) is 1.26. The van der Waals surface area contributed by atoms with Crippen LogP contribution in [0, 0.1) is 5.82 Å². The van der Waals surface area contributed by atoms with Crippen molar-refractivity contribution in [3.05, 3.63) is 78.0 Å². The third-order valence-electron chi connectivity index (χ3n) is 4.66. The summed E-state index contributed by atoms with van der Waals surface area (Å²) < 4.78 is 57.6. The molecule has 1 unspecified atom stereocenters. The Morgan fingerprint density at radius 1 is 1.06 bits per heavy atom. The van der Waals surface area contributed by atoms with Gasteiger partial charge < -0.3 is 19.2 Å². The van der Waals surface area contributed by atoms with Gasteiger partial charge in [-0.2, -0.15) is 0 Å². The molecule has 2 N–H and O–H groups in total. The molecule has 1 aromatic heterocycles. The summed E-state index contributed by atoms with van der Waals surface area (Å²) >= 11 is 0. The fourth-order valence-corrected chi connectivity index (χ4v) is 4.34. The van der Waals surface area contributed by atoms with Crippen LogP contribution in [0.4, 0.5) is 4.39 Å². The normalized spacial score (nSPS) is 12.2. The molecule has 0 fully saturated rings. The van der Waals surface area contributed by atoms with Gasteiger partial charge in [-0.1, -0.05) is 12.1 Å². The second-order valence-electron chi connectivity index (χ2n) is 6.77. The smallest absolute Gasteiger partial charge is 0.241 e. The number of benzene rings is 2. The molecule has 0 spiro atoms. The average molecular weight is 462 g/mol. The highest BCUT2D eigenvalue weighted by atomic mass is 32.2. The first-order chi connectivity index (χ1) is 15.3. The van der Waals surface area contributed by atoms with E-state index in [1.165, 1.54) is 20.5 Å². The first kappa shape index (κ1) is 23.3. The largest absolute Gasteiger partial charge is 0.493 e. The van der Waals surface area contributed by atoms with E-state index < -0.39 is 27.8 Å². The van der Waals surface area contributed by atoms with E-state index in [4.69, 9.17) is 13.9 Å². The van der Waals surface area contributed by atoms with E-state index in [1.54, 1.807) is 30.3 Å². The number of furan rings is 1. The van der Waals surface area contributed by atoms with Crippen molar-refractivity contribution in [3.63, 3.8) is 0 Å². The number of para-hydroxylation sites is 1. The summed E-state index contributed by atoms with van der Waals surface area (Å²) in [6.45, 7) is 0.151. The number of nitrogens with one attached hydrogen (secondary N) is 2. The fraction of sp³-hybridized carbons (Fsp3) is 0.227. The zero-order valence-electron chi connectivity index (χ0n) is 17.5. The quantitative estimate of drug-likeness (QED) is 0.479. The van der Waals surface area contributed by atoms with E-state index in [0.29, 0.717) is 22.8 Å². The van der Waals surface area contributed by atoms with Crippen LogP contribution >= 0.6 is 0 Å². The van der Waals surface area contributed by atoms with Crippen molar-refractivity contribution in [1.29, 1.82) is 0 Å². The molecule has 1 amide bonds. The number of rotatable bonds is 10. The molecule has 3 rings (SSSR count). The summed E-state index contributed by atoms with van der Waals surface area (Å²) in [4.78, 5) is 12.5. The number of carbonyl (C=O) groups is 1. The number of halogens is 1. The van der Waals surface area contributed by atoms with Crippen LogP contribution in [0.3, 0.4) is 0 Å². The Balaban J connectivity index is 1.90. The highest BCUT2D eigenvalue weighted by Gasteiger charge is 2.27. The van der Waals surface area contributed by atoms with Gasteiger partial charge in [-0.15, -0.1) is 0 Å². The monoisotopic (exact) mass is 462 g/mol. The van der Waals surface area contributed by atoms with E-state index in [-0.39, 0.29) is 17.9 Å². The number of carbonyl (C=O) groups excluding carboxylic acids is 1. The lowest BCUT2D eigenvalue weighted by Crippen LogP contribution is -2.34. The Labute approximate surface area is 185 Å². The number of amides is 1. The maximum Gasteiger partial charge on any atom is 0.241 e. The first-order valence-corrected chi connectivity index (χ1v) is 11.1. The molecule has 0 bridgehead atoms. The first-order valence-electron chi connectivity index (χ1n) is 9.62. The van der Waals surface area contributed by atoms with E-state index in [0.717, 1.165) is 24.3 Å². The highest BCUT2D eigenvalue weighted by Crippen LogP contribution is 2.36. The molecule has 3 aromatic rings. The van der Waals surface area contributed by atoms with Gasteiger partial charge in [-0.3, -0.25) is 4.79 Å². The zero-order valence-corrected chi connectivity index (χ0v) is 18.3. The van der Waals surface area contributed by atoms with E-state index >= 15 is 0 Å². The lowest BCUT2D eigenvalue weighted by molar-refractivity contribution is -0.121. The van der Waals surface area contributed by atoms with Crippen molar-refractivity contribution in [2.24, 2.45) is 0 Å². The molecule has 0 aliphatic heterocycles. The number of methoxy groups -OCH3 is 2. The second kappa shape index (κ2) is 10.3. The van der Waals surface area contributed by atoms with E-state index in [1.807, 2.05) is 0 Å². The molecule has 0 saturated heterocycles. The van der Waals surface area contributed by atoms with Crippen LogP contribution in [-0.4, -0.2) is 28.5 Å². The highest BCUT2D eigenvalue weighted by molar-refractivity contribution is 7.89. The molecule has 0 radical (unpaired) electrons. The van der Waals surface area contributed by atoms with Crippen molar-refractivity contribution < 1.29 is 31.5 Å². The minimum absolute atomic E-state index is 0.137. The lowest BCUT2D eigenvalue weighted by atomic mass is 10.0. The Morgan fingerprint density at radius 3 is 2.44 bits per heavy atom. The third-order valence-corrected chi connectivity index (χ3v) is 6.15. The number of hydrogen-bond donors (Lipinski definition) is 2. The van der Waals surface area contributed by atoms with Crippen molar-refractivity contribution in [3.8, 4) is 11.5 Å². The maximum atomic E-state index is 13.3.